The molecule has 1 N–H and O–H groups in total. The molecule has 2 rings (SSSR count). The minimum atomic E-state index is 0.205. The molecule has 1 aliphatic heterocycles. The van der Waals surface area contributed by atoms with Crippen LogP contribution in [0.15, 0.2) is 12.7 Å². The van der Waals surface area contributed by atoms with Crippen LogP contribution in [0, 0.1) is 5.41 Å². The fourth-order valence-corrected chi connectivity index (χ4v) is 1.83. The largest absolute Gasteiger partial charge is 0.380 e. The lowest BCUT2D eigenvalue weighted by molar-refractivity contribution is -0.122. The number of rotatable bonds is 6. The molecular weight excluding hydrogens is 204 g/mol. The number of nitrogens with one attached hydrogen (secondary N) is 1. The highest BCUT2D eigenvalue weighted by molar-refractivity contribution is 4.88. The third-order valence-corrected chi connectivity index (χ3v) is 3.22. The molecule has 1 aromatic rings. The van der Waals surface area contributed by atoms with Gasteiger partial charge in [-0.3, -0.25) is 4.68 Å². The van der Waals surface area contributed by atoms with Crippen molar-refractivity contribution in [1.82, 2.24) is 20.1 Å². The predicted molar refractivity (Wildman–Crippen MR) is 61.0 cm³/mol. The van der Waals surface area contributed by atoms with Crippen LogP contribution in [0.25, 0.3) is 0 Å². The Morgan fingerprint density at radius 2 is 2.38 bits per heavy atom. The van der Waals surface area contributed by atoms with Gasteiger partial charge in [-0.25, -0.2) is 4.98 Å². The fraction of sp³-hybridized carbons (Fsp3) is 0.818. The van der Waals surface area contributed by atoms with Gasteiger partial charge in [0, 0.05) is 18.0 Å². The van der Waals surface area contributed by atoms with Gasteiger partial charge in [0.05, 0.1) is 19.8 Å². The minimum absolute atomic E-state index is 0.205. The van der Waals surface area contributed by atoms with E-state index in [0.29, 0.717) is 6.04 Å². The molecule has 16 heavy (non-hydrogen) atoms. The molecule has 90 valence electrons. The van der Waals surface area contributed by atoms with Gasteiger partial charge in [-0.1, -0.05) is 6.92 Å². The standard InChI is InChI=1S/C11H20N4O/c1-3-10(2)13-4-11(6-16-7-11)5-15-9-12-8-14-15/h8-10,13H,3-7H2,1-2H3. The Balaban J connectivity index is 1.87. The van der Waals surface area contributed by atoms with Crippen LogP contribution in [0.1, 0.15) is 20.3 Å². The minimum Gasteiger partial charge on any atom is -0.380 e. The molecule has 5 heteroatoms. The van der Waals surface area contributed by atoms with E-state index in [1.54, 1.807) is 12.7 Å². The van der Waals surface area contributed by atoms with Crippen molar-refractivity contribution in [2.24, 2.45) is 5.41 Å². The Bertz CT molecular complexity index is 308. The molecule has 1 atom stereocenters. The first-order valence-electron chi connectivity index (χ1n) is 5.88. The zero-order valence-corrected chi connectivity index (χ0v) is 10.0. The molecule has 0 bridgehead atoms. The Morgan fingerprint density at radius 1 is 1.56 bits per heavy atom. The van der Waals surface area contributed by atoms with E-state index in [0.717, 1.165) is 32.7 Å². The first kappa shape index (κ1) is 11.5. The van der Waals surface area contributed by atoms with Crippen LogP contribution in [0.3, 0.4) is 0 Å². The van der Waals surface area contributed by atoms with E-state index >= 15 is 0 Å². The van der Waals surface area contributed by atoms with Gasteiger partial charge in [0.25, 0.3) is 0 Å². The van der Waals surface area contributed by atoms with Gasteiger partial charge in [0.2, 0.25) is 0 Å². The first-order chi connectivity index (χ1) is 7.74. The Kier molecular flexibility index (Phi) is 3.56. The normalized spacial score (nSPS) is 20.4. The third kappa shape index (κ3) is 2.59. The highest BCUT2D eigenvalue weighted by Crippen LogP contribution is 2.28. The van der Waals surface area contributed by atoms with E-state index < -0.39 is 0 Å². The maximum atomic E-state index is 5.35. The number of hydrogen-bond donors (Lipinski definition) is 1. The van der Waals surface area contributed by atoms with Crippen LogP contribution < -0.4 is 5.32 Å². The summed E-state index contributed by atoms with van der Waals surface area (Å²) in [5.41, 5.74) is 0.205. The molecule has 1 saturated heterocycles. The average molecular weight is 224 g/mol. The van der Waals surface area contributed by atoms with E-state index in [-0.39, 0.29) is 5.41 Å². The molecule has 0 spiro atoms. The van der Waals surface area contributed by atoms with Gasteiger partial charge in [-0.05, 0) is 13.3 Å². The number of nitrogens with zero attached hydrogens (tertiary/aromatic N) is 3. The van der Waals surface area contributed by atoms with Crippen molar-refractivity contribution in [3.05, 3.63) is 12.7 Å². The van der Waals surface area contributed by atoms with E-state index in [2.05, 4.69) is 29.2 Å². The van der Waals surface area contributed by atoms with Crippen LogP contribution in [0.5, 0.6) is 0 Å². The maximum absolute atomic E-state index is 5.35. The zero-order valence-electron chi connectivity index (χ0n) is 10.0. The van der Waals surface area contributed by atoms with Crippen LogP contribution in [-0.4, -0.2) is 40.6 Å². The number of hydrogen-bond acceptors (Lipinski definition) is 4. The second-order valence-electron chi connectivity index (χ2n) is 4.78. The second-order valence-corrected chi connectivity index (χ2v) is 4.78. The van der Waals surface area contributed by atoms with Gasteiger partial charge in [0.1, 0.15) is 12.7 Å². The van der Waals surface area contributed by atoms with Crippen molar-refractivity contribution >= 4 is 0 Å². The lowest BCUT2D eigenvalue weighted by Crippen LogP contribution is -2.53. The second kappa shape index (κ2) is 4.93. The monoisotopic (exact) mass is 224 g/mol. The summed E-state index contributed by atoms with van der Waals surface area (Å²) in [6.07, 6.45) is 4.50. The summed E-state index contributed by atoms with van der Waals surface area (Å²) in [6, 6.07) is 0.563. The topological polar surface area (TPSA) is 52.0 Å². The van der Waals surface area contributed by atoms with Gasteiger partial charge >= 0.3 is 0 Å². The average Bonchev–Trinajstić information content (AvgIpc) is 2.73. The van der Waals surface area contributed by atoms with Crippen LogP contribution >= 0.6 is 0 Å². The van der Waals surface area contributed by atoms with E-state index in [1.165, 1.54) is 0 Å². The lowest BCUT2D eigenvalue weighted by atomic mass is 9.85. The maximum Gasteiger partial charge on any atom is 0.137 e. The molecule has 1 aromatic heterocycles. The number of aromatic nitrogens is 3. The SMILES string of the molecule is CCC(C)NCC1(Cn2cncn2)COC1. The summed E-state index contributed by atoms with van der Waals surface area (Å²) < 4.78 is 7.24. The summed E-state index contributed by atoms with van der Waals surface area (Å²) in [5, 5.41) is 7.70. The summed E-state index contributed by atoms with van der Waals surface area (Å²) in [7, 11) is 0. The summed E-state index contributed by atoms with van der Waals surface area (Å²) in [6.45, 7) is 7.91. The molecule has 0 saturated carbocycles. The van der Waals surface area contributed by atoms with Crippen LogP contribution in [-0.2, 0) is 11.3 Å². The third-order valence-electron chi connectivity index (χ3n) is 3.22. The van der Waals surface area contributed by atoms with Crippen LogP contribution in [0.2, 0.25) is 0 Å². The van der Waals surface area contributed by atoms with Crippen molar-refractivity contribution in [3.63, 3.8) is 0 Å². The predicted octanol–water partition coefficient (Wildman–Crippen LogP) is 0.683. The highest BCUT2D eigenvalue weighted by Gasteiger charge is 2.39. The Hall–Kier alpha value is -0.940. The Labute approximate surface area is 96.2 Å². The fourth-order valence-electron chi connectivity index (χ4n) is 1.83. The lowest BCUT2D eigenvalue weighted by Gasteiger charge is -2.42. The first-order valence-corrected chi connectivity index (χ1v) is 5.88. The molecule has 1 fully saturated rings. The summed E-state index contributed by atoms with van der Waals surface area (Å²) in [4.78, 5) is 3.97. The van der Waals surface area contributed by atoms with Crippen molar-refractivity contribution in [1.29, 1.82) is 0 Å². The molecule has 5 nitrogen and oxygen atoms in total. The molecule has 1 aliphatic rings. The van der Waals surface area contributed by atoms with Gasteiger partial charge in [0.15, 0.2) is 0 Å². The van der Waals surface area contributed by atoms with Crippen molar-refractivity contribution in [2.75, 3.05) is 19.8 Å². The quantitative estimate of drug-likeness (QED) is 0.772. The molecule has 0 aliphatic carbocycles. The molecule has 0 radical (unpaired) electrons. The van der Waals surface area contributed by atoms with Gasteiger partial charge in [-0.15, -0.1) is 0 Å². The van der Waals surface area contributed by atoms with Gasteiger partial charge in [-0.2, -0.15) is 5.10 Å². The van der Waals surface area contributed by atoms with Gasteiger partial charge < -0.3 is 10.1 Å². The number of ether oxygens (including phenoxy) is 1. The zero-order chi connectivity index (χ0) is 11.4. The smallest absolute Gasteiger partial charge is 0.137 e. The molecule has 1 unspecified atom stereocenters. The van der Waals surface area contributed by atoms with Crippen molar-refractivity contribution in [2.45, 2.75) is 32.9 Å². The van der Waals surface area contributed by atoms with Crippen molar-refractivity contribution in [3.8, 4) is 0 Å². The molecule has 0 amide bonds. The summed E-state index contributed by atoms with van der Waals surface area (Å²) in [5.74, 6) is 0. The van der Waals surface area contributed by atoms with E-state index in [9.17, 15) is 0 Å². The molecular formula is C11H20N4O. The van der Waals surface area contributed by atoms with Crippen molar-refractivity contribution < 1.29 is 4.74 Å². The highest BCUT2D eigenvalue weighted by atomic mass is 16.5. The Morgan fingerprint density at radius 3 is 2.88 bits per heavy atom. The molecule has 2 heterocycles. The van der Waals surface area contributed by atoms with Crippen LogP contribution in [0.4, 0.5) is 0 Å². The molecule has 0 aromatic carbocycles. The van der Waals surface area contributed by atoms with E-state index in [1.807, 2.05) is 4.68 Å². The summed E-state index contributed by atoms with van der Waals surface area (Å²) >= 11 is 0. The van der Waals surface area contributed by atoms with E-state index in [4.69, 9.17) is 4.74 Å².